The summed E-state index contributed by atoms with van der Waals surface area (Å²) in [5.41, 5.74) is 4.39. The molecule has 2 rings (SSSR count). The van der Waals surface area contributed by atoms with Gasteiger partial charge in [0.1, 0.15) is 5.75 Å². The lowest BCUT2D eigenvalue weighted by Gasteiger charge is -1.99. The molecule has 5 heteroatoms. The van der Waals surface area contributed by atoms with Crippen molar-refractivity contribution in [3.8, 4) is 5.75 Å². The second kappa shape index (κ2) is 6.91. The van der Waals surface area contributed by atoms with Gasteiger partial charge in [0.2, 0.25) is 0 Å². The number of benzene rings is 2. The van der Waals surface area contributed by atoms with Gasteiger partial charge in [0.15, 0.2) is 0 Å². The Morgan fingerprint density at radius 2 is 1.81 bits per heavy atom. The molecule has 0 aliphatic carbocycles. The summed E-state index contributed by atoms with van der Waals surface area (Å²) in [4.78, 5) is 10.7. The Balaban J connectivity index is 1.91. The van der Waals surface area contributed by atoms with Crippen LogP contribution in [0.25, 0.3) is 6.08 Å². The van der Waals surface area contributed by atoms with E-state index in [0.717, 1.165) is 0 Å². The molecule has 0 unspecified atom stereocenters. The Bertz CT molecular complexity index is 676. The maximum Gasteiger partial charge on any atom is 0.335 e. The van der Waals surface area contributed by atoms with Crippen molar-refractivity contribution in [1.29, 1.82) is 0 Å². The molecule has 0 spiro atoms. The van der Waals surface area contributed by atoms with Crippen LogP contribution in [0.4, 0.5) is 5.69 Å². The summed E-state index contributed by atoms with van der Waals surface area (Å²) in [7, 11) is 0. The second-order valence-corrected chi connectivity index (χ2v) is 4.19. The van der Waals surface area contributed by atoms with Crippen LogP contribution >= 0.6 is 0 Å². The summed E-state index contributed by atoms with van der Waals surface area (Å²) in [6.45, 7) is 0. The van der Waals surface area contributed by atoms with Gasteiger partial charge in [-0.05, 0) is 42.5 Å². The number of hydrogen-bond donors (Lipinski definition) is 3. The molecule has 3 N–H and O–H groups in total. The van der Waals surface area contributed by atoms with Crippen LogP contribution in [0.5, 0.6) is 5.75 Å². The molecule has 0 saturated heterocycles. The number of nitrogens with zero attached hydrogens (tertiary/aromatic N) is 1. The Morgan fingerprint density at radius 3 is 2.48 bits per heavy atom. The molecule has 0 atom stereocenters. The number of rotatable bonds is 5. The minimum absolute atomic E-state index is 0.208. The van der Waals surface area contributed by atoms with Crippen molar-refractivity contribution in [2.75, 3.05) is 5.43 Å². The Morgan fingerprint density at radius 1 is 1.10 bits per heavy atom. The van der Waals surface area contributed by atoms with E-state index >= 15 is 0 Å². The van der Waals surface area contributed by atoms with Crippen molar-refractivity contribution in [2.24, 2.45) is 5.10 Å². The topological polar surface area (TPSA) is 81.9 Å². The molecule has 0 saturated carbocycles. The number of allylic oxidation sites excluding steroid dienone is 1. The minimum atomic E-state index is -0.962. The molecule has 0 amide bonds. The second-order valence-electron chi connectivity index (χ2n) is 4.19. The molecular formula is C16H14N2O3. The van der Waals surface area contributed by atoms with Gasteiger partial charge in [0.25, 0.3) is 0 Å². The number of aromatic hydroxyl groups is 1. The first-order valence-corrected chi connectivity index (χ1v) is 6.24. The zero-order valence-electron chi connectivity index (χ0n) is 11.1. The van der Waals surface area contributed by atoms with Gasteiger partial charge in [-0.25, -0.2) is 4.79 Å². The number of aromatic carboxylic acids is 1. The lowest BCUT2D eigenvalue weighted by molar-refractivity contribution is 0.0697. The summed E-state index contributed by atoms with van der Waals surface area (Å²) in [6.07, 6.45) is 4.96. The highest BCUT2D eigenvalue weighted by atomic mass is 16.4. The van der Waals surface area contributed by atoms with E-state index in [1.54, 1.807) is 42.5 Å². The molecule has 0 aliphatic rings. The van der Waals surface area contributed by atoms with Gasteiger partial charge in [-0.1, -0.05) is 18.2 Å². The average molecular weight is 282 g/mol. The number of anilines is 1. The molecule has 0 bridgehead atoms. The van der Waals surface area contributed by atoms with Gasteiger partial charge in [-0.3, -0.25) is 5.43 Å². The van der Waals surface area contributed by atoms with Gasteiger partial charge in [0.05, 0.1) is 11.3 Å². The number of carbonyl (C=O) groups is 1. The summed E-state index contributed by atoms with van der Waals surface area (Å²) in [5, 5.41) is 22.3. The molecule has 0 aliphatic heterocycles. The monoisotopic (exact) mass is 282 g/mol. The Hall–Kier alpha value is -3.08. The molecule has 0 aromatic heterocycles. The molecule has 0 heterocycles. The predicted molar refractivity (Wildman–Crippen MR) is 82.7 cm³/mol. The Labute approximate surface area is 121 Å². The summed E-state index contributed by atoms with van der Waals surface area (Å²) in [6, 6.07) is 13.2. The van der Waals surface area contributed by atoms with Gasteiger partial charge in [-0.2, -0.15) is 5.10 Å². The van der Waals surface area contributed by atoms with E-state index in [-0.39, 0.29) is 11.3 Å². The van der Waals surface area contributed by atoms with Crippen molar-refractivity contribution in [1.82, 2.24) is 0 Å². The number of carboxylic acid groups (broad SMARTS) is 1. The predicted octanol–water partition coefficient (Wildman–Crippen LogP) is 3.20. The minimum Gasteiger partial charge on any atom is -0.507 e. The first kappa shape index (κ1) is 14.3. The first-order chi connectivity index (χ1) is 10.2. The highest BCUT2D eigenvalue weighted by Crippen LogP contribution is 2.16. The van der Waals surface area contributed by atoms with Crippen LogP contribution in [0.2, 0.25) is 0 Å². The number of carboxylic acids is 1. The number of phenols is 1. The van der Waals surface area contributed by atoms with E-state index in [2.05, 4.69) is 10.5 Å². The van der Waals surface area contributed by atoms with Gasteiger partial charge in [0, 0.05) is 11.8 Å². The summed E-state index contributed by atoms with van der Waals surface area (Å²) in [5.74, 6) is -0.755. The maximum absolute atomic E-state index is 10.7. The molecule has 106 valence electrons. The zero-order valence-corrected chi connectivity index (χ0v) is 11.1. The van der Waals surface area contributed by atoms with Gasteiger partial charge < -0.3 is 10.2 Å². The first-order valence-electron chi connectivity index (χ1n) is 6.24. The number of phenolic OH excluding ortho intramolecular Hbond substituents is 1. The fourth-order valence-electron chi connectivity index (χ4n) is 1.62. The van der Waals surface area contributed by atoms with Crippen LogP contribution in [-0.2, 0) is 0 Å². The number of hydrazone groups is 1. The van der Waals surface area contributed by atoms with Crippen LogP contribution in [0.15, 0.2) is 59.7 Å². The molecule has 21 heavy (non-hydrogen) atoms. The summed E-state index contributed by atoms with van der Waals surface area (Å²) >= 11 is 0. The van der Waals surface area contributed by atoms with Crippen LogP contribution in [0, 0.1) is 0 Å². The van der Waals surface area contributed by atoms with E-state index in [1.165, 1.54) is 18.3 Å². The standard InChI is InChI=1S/C16H14N2O3/c19-15-6-2-1-4-12(15)5-3-11-17-18-14-9-7-13(8-10-14)16(20)21/h1-11,18-19H,(H,20,21). The zero-order chi connectivity index (χ0) is 15.1. The number of nitrogens with one attached hydrogen (secondary N) is 1. The quantitative estimate of drug-likeness (QED) is 0.581. The largest absolute Gasteiger partial charge is 0.507 e. The maximum atomic E-state index is 10.7. The number of para-hydroxylation sites is 1. The SMILES string of the molecule is O=C(O)c1ccc(NN=CC=Cc2ccccc2O)cc1. The van der Waals surface area contributed by atoms with E-state index in [0.29, 0.717) is 11.3 Å². The van der Waals surface area contributed by atoms with E-state index in [4.69, 9.17) is 5.11 Å². The molecular weight excluding hydrogens is 268 g/mol. The third kappa shape index (κ3) is 4.21. The molecule has 2 aromatic rings. The van der Waals surface area contributed by atoms with Crippen LogP contribution in [0.1, 0.15) is 15.9 Å². The molecule has 0 radical (unpaired) electrons. The fourth-order valence-corrected chi connectivity index (χ4v) is 1.62. The van der Waals surface area contributed by atoms with Crippen molar-refractivity contribution in [3.05, 3.63) is 65.7 Å². The van der Waals surface area contributed by atoms with Crippen molar-refractivity contribution >= 4 is 23.9 Å². The van der Waals surface area contributed by atoms with Gasteiger partial charge in [-0.15, -0.1) is 0 Å². The molecule has 5 nitrogen and oxygen atoms in total. The van der Waals surface area contributed by atoms with Gasteiger partial charge >= 0.3 is 5.97 Å². The van der Waals surface area contributed by atoms with Crippen molar-refractivity contribution in [3.63, 3.8) is 0 Å². The third-order valence-corrected chi connectivity index (χ3v) is 2.70. The van der Waals surface area contributed by atoms with E-state index in [1.807, 2.05) is 6.07 Å². The normalized spacial score (nSPS) is 11.0. The lowest BCUT2D eigenvalue weighted by Crippen LogP contribution is -1.96. The summed E-state index contributed by atoms with van der Waals surface area (Å²) < 4.78 is 0. The smallest absolute Gasteiger partial charge is 0.335 e. The van der Waals surface area contributed by atoms with Crippen LogP contribution in [-0.4, -0.2) is 22.4 Å². The van der Waals surface area contributed by atoms with Crippen LogP contribution < -0.4 is 5.43 Å². The molecule has 2 aromatic carbocycles. The van der Waals surface area contributed by atoms with Crippen molar-refractivity contribution < 1.29 is 15.0 Å². The highest BCUT2D eigenvalue weighted by molar-refractivity contribution is 5.88. The number of hydrogen-bond acceptors (Lipinski definition) is 4. The lowest BCUT2D eigenvalue weighted by atomic mass is 10.2. The molecule has 0 fully saturated rings. The average Bonchev–Trinajstić information content (AvgIpc) is 2.49. The third-order valence-electron chi connectivity index (χ3n) is 2.70. The van der Waals surface area contributed by atoms with E-state index < -0.39 is 5.97 Å². The fraction of sp³-hybridized carbons (Fsp3) is 0. The van der Waals surface area contributed by atoms with E-state index in [9.17, 15) is 9.90 Å². The van der Waals surface area contributed by atoms with Crippen LogP contribution in [0.3, 0.4) is 0 Å². The Kier molecular flexibility index (Phi) is 4.71. The van der Waals surface area contributed by atoms with Crippen molar-refractivity contribution in [2.45, 2.75) is 0 Å². The highest BCUT2D eigenvalue weighted by Gasteiger charge is 2.00.